The van der Waals surface area contributed by atoms with E-state index in [1.807, 2.05) is 0 Å². The van der Waals surface area contributed by atoms with Gasteiger partial charge in [0.15, 0.2) is 0 Å². The highest BCUT2D eigenvalue weighted by Crippen LogP contribution is 1.95. The molecule has 2 atom stereocenters. The molecule has 0 saturated heterocycles. The average molecular weight is 119 g/mol. The number of rotatable bonds is 2. The molecule has 2 unspecified atom stereocenters. The molecule has 0 aliphatic rings. The summed E-state index contributed by atoms with van der Waals surface area (Å²) < 4.78 is 0. The molecule has 0 aliphatic heterocycles. The third kappa shape index (κ3) is 2.65. The summed E-state index contributed by atoms with van der Waals surface area (Å²) in [5.41, 5.74) is 0. The van der Waals surface area contributed by atoms with Gasteiger partial charge in [0.2, 0.25) is 6.29 Å². The lowest BCUT2D eigenvalue weighted by molar-refractivity contribution is 0.207. The summed E-state index contributed by atoms with van der Waals surface area (Å²) >= 11 is 3.65. The molecule has 0 bridgehead atoms. The van der Waals surface area contributed by atoms with Crippen LogP contribution in [0.3, 0.4) is 0 Å². The van der Waals surface area contributed by atoms with Crippen molar-refractivity contribution in [1.82, 2.24) is 0 Å². The molecule has 0 aromatic heterocycles. The predicted molar refractivity (Wildman–Crippen MR) is 30.1 cm³/mol. The lowest BCUT2D eigenvalue weighted by atomic mass is 10.3. The zero-order valence-corrected chi connectivity index (χ0v) is 4.85. The molecule has 0 spiro atoms. The fraction of sp³-hybridized carbons (Fsp3) is 0.750. The summed E-state index contributed by atoms with van der Waals surface area (Å²) in [4.78, 5) is 9.58. The van der Waals surface area contributed by atoms with E-state index in [9.17, 15) is 4.79 Å². The number of hydrogen-bond donors (Lipinski definition) is 2. The predicted octanol–water partition coefficient (Wildman–Crippen LogP) is -0.225. The highest BCUT2D eigenvalue weighted by Gasteiger charge is 2.06. The molecule has 41 valence electrons. The first kappa shape index (κ1) is 6.98. The largest absolute Gasteiger partial charge is 0.392 e. The second kappa shape index (κ2) is 3.04. The lowest BCUT2D eigenvalue weighted by Gasteiger charge is -2.01. The Balaban J connectivity index is 3.33. The van der Waals surface area contributed by atoms with Gasteiger partial charge in [-0.2, -0.15) is 12.6 Å². The van der Waals surface area contributed by atoms with Gasteiger partial charge < -0.3 is 5.11 Å². The minimum Gasteiger partial charge on any atom is -0.392 e. The van der Waals surface area contributed by atoms with E-state index < -0.39 is 11.4 Å². The fourth-order valence-electron chi connectivity index (χ4n) is 0.0985. The van der Waals surface area contributed by atoms with E-state index in [-0.39, 0.29) is 0 Å². The van der Waals surface area contributed by atoms with Crippen LogP contribution < -0.4 is 0 Å². The van der Waals surface area contributed by atoms with Crippen LogP contribution in [0.15, 0.2) is 0 Å². The molecule has 0 fully saturated rings. The van der Waals surface area contributed by atoms with Crippen LogP contribution in [0.25, 0.3) is 0 Å². The van der Waals surface area contributed by atoms with Crippen molar-refractivity contribution in [3.8, 4) is 0 Å². The Morgan fingerprint density at radius 2 is 2.29 bits per heavy atom. The fourth-order valence-corrected chi connectivity index (χ4v) is 0.0985. The summed E-state index contributed by atoms with van der Waals surface area (Å²) in [5.74, 6) is 0. The van der Waals surface area contributed by atoms with Crippen LogP contribution in [0.2, 0.25) is 0 Å². The lowest BCUT2D eigenvalue weighted by Crippen LogP contribution is -2.17. The first-order chi connectivity index (χ1) is 3.18. The summed E-state index contributed by atoms with van der Waals surface area (Å²) in [7, 11) is 0. The molecular formula is C4H7O2S. The molecule has 0 aliphatic carbocycles. The Morgan fingerprint density at radius 3 is 2.29 bits per heavy atom. The van der Waals surface area contributed by atoms with Gasteiger partial charge in [-0.3, -0.25) is 4.79 Å². The molecular weight excluding hydrogens is 112 g/mol. The van der Waals surface area contributed by atoms with Crippen molar-refractivity contribution < 1.29 is 9.90 Å². The summed E-state index contributed by atoms with van der Waals surface area (Å²) in [6, 6.07) is 0. The van der Waals surface area contributed by atoms with E-state index in [0.29, 0.717) is 0 Å². The maximum absolute atomic E-state index is 9.58. The zero-order valence-electron chi connectivity index (χ0n) is 3.96. The molecule has 3 heteroatoms. The van der Waals surface area contributed by atoms with Crippen LogP contribution in [0.1, 0.15) is 6.92 Å². The van der Waals surface area contributed by atoms with Crippen LogP contribution in [0.5, 0.6) is 0 Å². The van der Waals surface area contributed by atoms with Gasteiger partial charge in [-0.15, -0.1) is 0 Å². The minimum absolute atomic E-state index is 0.653. The molecule has 0 heterocycles. The molecule has 2 nitrogen and oxygen atoms in total. The van der Waals surface area contributed by atoms with Crippen molar-refractivity contribution in [2.24, 2.45) is 0 Å². The first-order valence-electron chi connectivity index (χ1n) is 1.92. The average Bonchev–Trinajstić information content (AvgIpc) is 1.65. The summed E-state index contributed by atoms with van der Waals surface area (Å²) in [5, 5.41) is 7.83. The smallest absolute Gasteiger partial charge is 0.214 e. The number of hydrogen-bond acceptors (Lipinski definition) is 3. The van der Waals surface area contributed by atoms with Gasteiger partial charge in [0, 0.05) is 0 Å². The van der Waals surface area contributed by atoms with Crippen molar-refractivity contribution in [3.05, 3.63) is 0 Å². The van der Waals surface area contributed by atoms with E-state index in [0.717, 1.165) is 0 Å². The Hall–Kier alpha value is -0.0200. The Morgan fingerprint density at radius 1 is 1.86 bits per heavy atom. The topological polar surface area (TPSA) is 37.3 Å². The highest BCUT2D eigenvalue weighted by molar-refractivity contribution is 7.81. The normalized spacial score (nSPS) is 18.1. The van der Waals surface area contributed by atoms with E-state index in [2.05, 4.69) is 12.6 Å². The van der Waals surface area contributed by atoms with Gasteiger partial charge >= 0.3 is 0 Å². The Labute approximate surface area is 47.9 Å². The quantitative estimate of drug-likeness (QED) is 0.493. The van der Waals surface area contributed by atoms with Crippen molar-refractivity contribution in [3.63, 3.8) is 0 Å². The van der Waals surface area contributed by atoms with Gasteiger partial charge in [-0.25, -0.2) is 0 Å². The molecule has 0 amide bonds. The molecule has 1 radical (unpaired) electrons. The molecule has 7 heavy (non-hydrogen) atoms. The van der Waals surface area contributed by atoms with Crippen molar-refractivity contribution >= 4 is 18.9 Å². The monoisotopic (exact) mass is 119 g/mol. The Bertz CT molecular complexity index is 62.7. The second-order valence-corrected chi connectivity index (χ2v) is 1.86. The molecule has 0 aromatic carbocycles. The van der Waals surface area contributed by atoms with E-state index in [1.165, 1.54) is 13.2 Å². The SMILES string of the molecule is CC(O)C(S)[C]=O. The van der Waals surface area contributed by atoms with Crippen LogP contribution in [0.4, 0.5) is 0 Å². The minimum atomic E-state index is -0.694. The van der Waals surface area contributed by atoms with Gasteiger partial charge in [0.05, 0.1) is 11.4 Å². The van der Waals surface area contributed by atoms with Gasteiger partial charge in [-0.1, -0.05) is 0 Å². The second-order valence-electron chi connectivity index (χ2n) is 1.30. The maximum Gasteiger partial charge on any atom is 0.214 e. The number of aliphatic hydroxyl groups is 1. The van der Waals surface area contributed by atoms with Crippen LogP contribution in [-0.4, -0.2) is 22.7 Å². The maximum atomic E-state index is 9.58. The molecule has 0 saturated carbocycles. The van der Waals surface area contributed by atoms with Gasteiger partial charge in [-0.05, 0) is 6.92 Å². The van der Waals surface area contributed by atoms with Gasteiger partial charge in [0.1, 0.15) is 0 Å². The summed E-state index contributed by atoms with van der Waals surface area (Å²) in [6.07, 6.45) is 0.835. The van der Waals surface area contributed by atoms with Crippen molar-refractivity contribution in [2.45, 2.75) is 18.3 Å². The number of aliphatic hydroxyl groups excluding tert-OH is 1. The molecule has 1 N–H and O–H groups in total. The number of thiol groups is 1. The highest BCUT2D eigenvalue weighted by atomic mass is 32.1. The number of carbonyl (C=O) groups excluding carboxylic acids is 1. The third-order valence-corrected chi connectivity index (χ3v) is 1.11. The van der Waals surface area contributed by atoms with Crippen LogP contribution in [0, 0.1) is 0 Å². The first-order valence-corrected chi connectivity index (χ1v) is 2.44. The van der Waals surface area contributed by atoms with Crippen LogP contribution >= 0.6 is 12.6 Å². The standard InChI is InChI=1S/C4H7O2S/c1-3(6)4(7)2-5/h3-4,6-7H,1H3. The van der Waals surface area contributed by atoms with E-state index in [4.69, 9.17) is 5.11 Å². The Kier molecular flexibility index (Phi) is 3.04. The van der Waals surface area contributed by atoms with E-state index >= 15 is 0 Å². The summed E-state index contributed by atoms with van der Waals surface area (Å²) in [6.45, 7) is 1.49. The van der Waals surface area contributed by atoms with Crippen molar-refractivity contribution in [1.29, 1.82) is 0 Å². The van der Waals surface area contributed by atoms with Gasteiger partial charge in [0.25, 0.3) is 0 Å². The molecule has 0 rings (SSSR count). The van der Waals surface area contributed by atoms with E-state index in [1.54, 1.807) is 0 Å². The third-order valence-electron chi connectivity index (χ3n) is 0.578. The van der Waals surface area contributed by atoms with Crippen molar-refractivity contribution in [2.75, 3.05) is 0 Å². The molecule has 0 aromatic rings. The zero-order chi connectivity index (χ0) is 5.86. The van der Waals surface area contributed by atoms with Crippen LogP contribution in [-0.2, 0) is 4.79 Å².